The molecule has 2 atom stereocenters. The number of oxime groups is 1. The molecule has 13 nitrogen and oxygen atoms in total. The minimum absolute atomic E-state index is 0.0340. The van der Waals surface area contributed by atoms with Crippen LogP contribution in [-0.4, -0.2) is 81.2 Å². The number of carboxylic acids is 1. The Morgan fingerprint density at radius 2 is 2.22 bits per heavy atom. The first-order chi connectivity index (χ1) is 15.4. The quantitative estimate of drug-likeness (QED) is 0.128. The van der Waals surface area contributed by atoms with E-state index < -0.39 is 41.8 Å². The summed E-state index contributed by atoms with van der Waals surface area (Å²) >= 11 is 2.30. The van der Waals surface area contributed by atoms with Crippen LogP contribution in [0.1, 0.15) is 12.6 Å². The molecule has 3 N–H and O–H groups in total. The standard InChI is InChI=1S/C17H17N5O8S2/c1-2-29-10(24)5-30-21-11(8-6-32-17(19-8)18-7-23)13(25)20-12-14(26)22-9(16(27)28)3-4-31-15(12)22/h3,6-7,12,15H,2,4-5H2,1H3,(H,20,25)(H,27,28)(H,18,19,23)/t12?,15-/m0/s1. The smallest absolute Gasteiger partial charge is 0.352 e. The van der Waals surface area contributed by atoms with Crippen molar-refractivity contribution < 1.29 is 38.7 Å². The maximum atomic E-state index is 12.9. The Balaban J connectivity index is 1.75. The van der Waals surface area contributed by atoms with Crippen molar-refractivity contribution in [3.63, 3.8) is 0 Å². The van der Waals surface area contributed by atoms with E-state index >= 15 is 0 Å². The summed E-state index contributed by atoms with van der Waals surface area (Å²) in [5.41, 5.74) is -0.447. The molecule has 170 valence electrons. The summed E-state index contributed by atoms with van der Waals surface area (Å²) in [5, 5.41) is 18.8. The zero-order valence-electron chi connectivity index (χ0n) is 16.5. The molecule has 3 amide bonds. The number of aromatic nitrogens is 1. The normalized spacial score (nSPS) is 19.8. The molecule has 0 bridgehead atoms. The molecule has 15 heteroatoms. The SMILES string of the molecule is CCOC(=O)CON=C(C(=O)NC1C(=O)N2C(C(=O)O)=CCS[C@@H]12)c1csc(NC=O)n1. The average Bonchev–Trinajstić information content (AvgIpc) is 3.22. The number of hydrogen-bond donors (Lipinski definition) is 3. The lowest BCUT2D eigenvalue weighted by molar-refractivity contribution is -0.150. The number of anilines is 1. The van der Waals surface area contributed by atoms with Crippen molar-refractivity contribution in [3.8, 4) is 0 Å². The number of thioether (sulfide) groups is 1. The van der Waals surface area contributed by atoms with E-state index in [1.165, 1.54) is 23.2 Å². The average molecular weight is 483 g/mol. The highest BCUT2D eigenvalue weighted by molar-refractivity contribution is 8.00. The zero-order valence-corrected chi connectivity index (χ0v) is 18.1. The second-order valence-corrected chi connectivity index (χ2v) is 8.10. The predicted molar refractivity (Wildman–Crippen MR) is 112 cm³/mol. The van der Waals surface area contributed by atoms with E-state index in [2.05, 4.69) is 20.8 Å². The monoisotopic (exact) mass is 483 g/mol. The number of aliphatic carboxylic acids is 1. The van der Waals surface area contributed by atoms with Crippen LogP contribution in [-0.2, 0) is 33.5 Å². The van der Waals surface area contributed by atoms with Gasteiger partial charge in [0.05, 0.1) is 6.61 Å². The topological polar surface area (TPSA) is 177 Å². The van der Waals surface area contributed by atoms with Gasteiger partial charge in [-0.2, -0.15) is 0 Å². The van der Waals surface area contributed by atoms with Crippen molar-refractivity contribution in [1.82, 2.24) is 15.2 Å². The van der Waals surface area contributed by atoms with Crippen molar-refractivity contribution in [2.45, 2.75) is 18.3 Å². The summed E-state index contributed by atoms with van der Waals surface area (Å²) in [7, 11) is 0. The van der Waals surface area contributed by atoms with Crippen LogP contribution in [0.3, 0.4) is 0 Å². The number of rotatable bonds is 10. The van der Waals surface area contributed by atoms with Crippen LogP contribution in [0.5, 0.6) is 0 Å². The summed E-state index contributed by atoms with van der Waals surface area (Å²) < 4.78 is 4.72. The number of amides is 3. The zero-order chi connectivity index (χ0) is 23.3. The summed E-state index contributed by atoms with van der Waals surface area (Å²) in [5.74, 6) is -2.99. The molecule has 3 rings (SSSR count). The van der Waals surface area contributed by atoms with E-state index in [9.17, 15) is 29.1 Å². The van der Waals surface area contributed by atoms with Gasteiger partial charge in [0.25, 0.3) is 11.8 Å². The number of thiazole rings is 1. The molecular weight excluding hydrogens is 466 g/mol. The molecule has 3 heterocycles. The van der Waals surface area contributed by atoms with Gasteiger partial charge in [0.1, 0.15) is 22.8 Å². The lowest BCUT2D eigenvalue weighted by Crippen LogP contribution is -2.70. The van der Waals surface area contributed by atoms with Gasteiger partial charge in [-0.1, -0.05) is 5.16 Å². The Kier molecular flexibility index (Phi) is 7.42. The van der Waals surface area contributed by atoms with E-state index in [0.717, 1.165) is 16.2 Å². The largest absolute Gasteiger partial charge is 0.477 e. The number of nitrogens with one attached hydrogen (secondary N) is 2. The van der Waals surface area contributed by atoms with Crippen LogP contribution in [0.4, 0.5) is 5.13 Å². The molecule has 1 aromatic heterocycles. The van der Waals surface area contributed by atoms with Gasteiger partial charge in [0, 0.05) is 11.1 Å². The molecule has 32 heavy (non-hydrogen) atoms. The second kappa shape index (κ2) is 10.2. The molecule has 1 aromatic rings. The number of fused-ring (bicyclic) bond motifs is 1. The third kappa shape index (κ3) is 4.88. The minimum Gasteiger partial charge on any atom is -0.477 e. The fourth-order valence-electron chi connectivity index (χ4n) is 2.80. The minimum atomic E-state index is -1.24. The van der Waals surface area contributed by atoms with E-state index in [1.54, 1.807) is 6.92 Å². The lowest BCUT2D eigenvalue weighted by Gasteiger charge is -2.48. The number of carboxylic acid groups (broad SMARTS) is 1. The Hall–Kier alpha value is -3.46. The van der Waals surface area contributed by atoms with Crippen molar-refractivity contribution in [2.24, 2.45) is 5.16 Å². The first kappa shape index (κ1) is 23.2. The molecule has 0 radical (unpaired) electrons. The third-order valence-electron chi connectivity index (χ3n) is 4.14. The summed E-state index contributed by atoms with van der Waals surface area (Å²) in [6.07, 6.45) is 1.83. The van der Waals surface area contributed by atoms with E-state index in [4.69, 9.17) is 9.57 Å². The van der Waals surface area contributed by atoms with E-state index in [0.29, 0.717) is 12.2 Å². The number of carbonyl (C=O) groups excluding carboxylic acids is 4. The fraction of sp³-hybridized carbons (Fsp3) is 0.353. The predicted octanol–water partition coefficient (Wildman–Crippen LogP) is -0.636. The van der Waals surface area contributed by atoms with Crippen molar-refractivity contribution in [2.75, 3.05) is 24.3 Å². The lowest BCUT2D eigenvalue weighted by atomic mass is 10.0. The van der Waals surface area contributed by atoms with Crippen LogP contribution in [0.2, 0.25) is 0 Å². The van der Waals surface area contributed by atoms with Crippen molar-refractivity contribution >= 4 is 64.1 Å². The Morgan fingerprint density at radius 3 is 2.91 bits per heavy atom. The van der Waals surface area contributed by atoms with Gasteiger partial charge in [-0.3, -0.25) is 19.3 Å². The van der Waals surface area contributed by atoms with Gasteiger partial charge in [-0.25, -0.2) is 14.6 Å². The van der Waals surface area contributed by atoms with Gasteiger partial charge < -0.3 is 25.3 Å². The molecule has 0 saturated carbocycles. The second-order valence-electron chi connectivity index (χ2n) is 6.10. The van der Waals surface area contributed by atoms with Crippen molar-refractivity contribution in [3.05, 3.63) is 22.8 Å². The van der Waals surface area contributed by atoms with Gasteiger partial charge in [0.2, 0.25) is 13.0 Å². The Bertz CT molecular complexity index is 1010. The van der Waals surface area contributed by atoms with Gasteiger partial charge >= 0.3 is 11.9 Å². The number of β-lactam (4-membered cyclic amide) rings is 1. The number of carbonyl (C=O) groups is 5. The van der Waals surface area contributed by atoms with Crippen LogP contribution >= 0.6 is 23.1 Å². The maximum absolute atomic E-state index is 12.9. The van der Waals surface area contributed by atoms with Crippen LogP contribution in [0.25, 0.3) is 0 Å². The van der Waals surface area contributed by atoms with E-state index in [1.807, 2.05) is 0 Å². The Labute approximate surface area is 188 Å². The fourth-order valence-corrected chi connectivity index (χ4v) is 4.65. The molecule has 2 aliphatic heterocycles. The summed E-state index contributed by atoms with van der Waals surface area (Å²) in [6, 6.07) is -0.989. The number of hydrogen-bond acceptors (Lipinski definition) is 11. The summed E-state index contributed by atoms with van der Waals surface area (Å²) in [6.45, 7) is 1.19. The first-order valence-electron chi connectivity index (χ1n) is 9.08. The highest BCUT2D eigenvalue weighted by Gasteiger charge is 2.53. The van der Waals surface area contributed by atoms with Gasteiger partial charge in [-0.05, 0) is 13.0 Å². The molecule has 1 fully saturated rings. The molecule has 1 saturated heterocycles. The molecule has 0 spiro atoms. The molecule has 0 aromatic carbocycles. The third-order valence-corrected chi connectivity index (χ3v) is 6.10. The van der Waals surface area contributed by atoms with Gasteiger partial charge in [-0.15, -0.1) is 23.1 Å². The molecular formula is C17H17N5O8S2. The number of nitrogens with zero attached hydrogens (tertiary/aromatic N) is 3. The highest BCUT2D eigenvalue weighted by Crippen LogP contribution is 2.37. The van der Waals surface area contributed by atoms with Gasteiger partial charge in [0.15, 0.2) is 10.8 Å². The van der Waals surface area contributed by atoms with Crippen LogP contribution < -0.4 is 10.6 Å². The maximum Gasteiger partial charge on any atom is 0.352 e. The number of ether oxygens (including phenoxy) is 1. The van der Waals surface area contributed by atoms with Crippen molar-refractivity contribution in [1.29, 1.82) is 0 Å². The first-order valence-corrected chi connectivity index (χ1v) is 11.0. The number of esters is 1. The Morgan fingerprint density at radius 1 is 1.44 bits per heavy atom. The highest BCUT2D eigenvalue weighted by atomic mass is 32.2. The molecule has 1 unspecified atom stereocenters. The van der Waals surface area contributed by atoms with E-state index in [-0.39, 0.29) is 28.8 Å². The summed E-state index contributed by atoms with van der Waals surface area (Å²) in [4.78, 5) is 68.8. The van der Waals surface area contributed by atoms with Crippen LogP contribution in [0, 0.1) is 0 Å². The van der Waals surface area contributed by atoms with Crippen LogP contribution in [0.15, 0.2) is 22.3 Å². The molecule has 0 aliphatic carbocycles. The molecule has 2 aliphatic rings.